The molecule has 3 heterocycles. The van der Waals surface area contributed by atoms with Crippen molar-refractivity contribution in [3.63, 3.8) is 0 Å². The van der Waals surface area contributed by atoms with Crippen LogP contribution in [-0.4, -0.2) is 56.8 Å². The van der Waals surface area contributed by atoms with Crippen LogP contribution in [0.5, 0.6) is 0 Å². The first-order chi connectivity index (χ1) is 10.3. The van der Waals surface area contributed by atoms with E-state index in [-0.39, 0.29) is 12.7 Å². The number of nitrogens with two attached hydrogens (primary N) is 1. The molecule has 3 saturated heterocycles. The fraction of sp³-hybridized carbons (Fsp3) is 1.00. The van der Waals surface area contributed by atoms with Crippen LogP contribution in [0.15, 0.2) is 0 Å². The molecule has 10 heteroatoms. The van der Waals surface area contributed by atoms with Crippen LogP contribution in [0.3, 0.4) is 0 Å². The van der Waals surface area contributed by atoms with Crippen molar-refractivity contribution in [1.82, 2.24) is 0 Å². The van der Waals surface area contributed by atoms with Gasteiger partial charge in [-0.25, -0.2) is 9.32 Å². The van der Waals surface area contributed by atoms with Gasteiger partial charge in [0.1, 0.15) is 24.4 Å². The zero-order valence-electron chi connectivity index (χ0n) is 13.8. The van der Waals surface area contributed by atoms with Crippen molar-refractivity contribution in [2.45, 2.75) is 76.4 Å². The highest BCUT2D eigenvalue weighted by molar-refractivity contribution is 7.84. The summed E-state index contributed by atoms with van der Waals surface area (Å²) in [4.78, 5) is 0. The van der Waals surface area contributed by atoms with Gasteiger partial charge in [0, 0.05) is 0 Å². The summed E-state index contributed by atoms with van der Waals surface area (Å²) in [5, 5.41) is 4.98. The van der Waals surface area contributed by atoms with Gasteiger partial charge in [0.2, 0.25) is 5.79 Å². The number of hydrogen-bond acceptors (Lipinski definition) is 8. The van der Waals surface area contributed by atoms with Crippen molar-refractivity contribution >= 4 is 10.3 Å². The van der Waals surface area contributed by atoms with Crippen LogP contribution in [0, 0.1) is 0 Å². The average Bonchev–Trinajstić information content (AvgIpc) is 2.79. The normalized spacial score (nSPS) is 43.0. The Bertz CT molecular complexity index is 591. The van der Waals surface area contributed by atoms with Crippen molar-refractivity contribution in [3.05, 3.63) is 0 Å². The summed E-state index contributed by atoms with van der Waals surface area (Å²) in [6, 6.07) is 0. The highest BCUT2D eigenvalue weighted by atomic mass is 32.2. The van der Waals surface area contributed by atoms with Crippen LogP contribution in [0.2, 0.25) is 0 Å². The Kier molecular flexibility index (Phi) is 3.87. The average molecular weight is 353 g/mol. The predicted octanol–water partition coefficient (Wildman–Crippen LogP) is -0.00690. The molecule has 5 atom stereocenters. The van der Waals surface area contributed by atoms with Gasteiger partial charge in [0.25, 0.3) is 0 Å². The first kappa shape index (κ1) is 17.5. The summed E-state index contributed by atoms with van der Waals surface area (Å²) in [5.41, 5.74) is 0. The second kappa shape index (κ2) is 5.09. The minimum atomic E-state index is -4.19. The fourth-order valence-corrected chi connectivity index (χ4v) is 3.96. The molecule has 3 aliphatic heterocycles. The Labute approximate surface area is 135 Å². The fourth-order valence-electron chi connectivity index (χ4n) is 3.42. The third-order valence-electron chi connectivity index (χ3n) is 4.05. The largest absolute Gasteiger partial charge is 0.342 e. The topological polar surface area (TPSA) is 116 Å². The van der Waals surface area contributed by atoms with Crippen LogP contribution < -0.4 is 5.14 Å². The van der Waals surface area contributed by atoms with Gasteiger partial charge in [-0.3, -0.25) is 0 Å². The minimum absolute atomic E-state index is 0.155. The standard InChI is InChI=1S/C13H23NO8S/c1-7(21-23(14,15)16)13-10(20-12(4,5)22-13)9-8(6-17-13)18-11(2,3)19-9/h7-10H,6H2,1-5H3,(H2,14,15,16)/t7?,8-,9-,10+,13+/m1/s1. The Hall–Kier alpha value is -0.330. The molecule has 1 unspecified atom stereocenters. The molecule has 0 aromatic rings. The van der Waals surface area contributed by atoms with E-state index in [1.165, 1.54) is 6.92 Å². The molecule has 0 aromatic carbocycles. The molecule has 0 aliphatic carbocycles. The van der Waals surface area contributed by atoms with Crippen LogP contribution in [0.25, 0.3) is 0 Å². The molecule has 0 spiro atoms. The van der Waals surface area contributed by atoms with Crippen LogP contribution in [0.1, 0.15) is 34.6 Å². The molecule has 0 bridgehead atoms. The van der Waals surface area contributed by atoms with Crippen LogP contribution in [0.4, 0.5) is 0 Å². The number of fused-ring (bicyclic) bond motifs is 3. The zero-order chi connectivity index (χ0) is 17.3. The summed E-state index contributed by atoms with van der Waals surface area (Å²) in [6.45, 7) is 8.65. The Morgan fingerprint density at radius 3 is 2.39 bits per heavy atom. The van der Waals surface area contributed by atoms with Crippen molar-refractivity contribution in [2.24, 2.45) is 5.14 Å². The van der Waals surface area contributed by atoms with E-state index in [1.54, 1.807) is 27.7 Å². The highest BCUT2D eigenvalue weighted by Crippen LogP contribution is 2.49. The second-order valence-electron chi connectivity index (χ2n) is 6.94. The first-order valence-electron chi connectivity index (χ1n) is 7.42. The van der Waals surface area contributed by atoms with Crippen molar-refractivity contribution in [2.75, 3.05) is 6.61 Å². The monoisotopic (exact) mass is 353 g/mol. The van der Waals surface area contributed by atoms with Crippen molar-refractivity contribution < 1.29 is 36.3 Å². The number of ether oxygens (including phenoxy) is 5. The first-order valence-corrected chi connectivity index (χ1v) is 8.89. The molecular formula is C13H23NO8S. The number of rotatable bonds is 3. The molecule has 3 aliphatic rings. The zero-order valence-corrected chi connectivity index (χ0v) is 14.6. The van der Waals surface area contributed by atoms with Gasteiger partial charge in [-0.1, -0.05) is 0 Å². The van der Waals surface area contributed by atoms with Gasteiger partial charge < -0.3 is 23.7 Å². The highest BCUT2D eigenvalue weighted by Gasteiger charge is 2.68. The second-order valence-corrected chi connectivity index (χ2v) is 8.12. The lowest BCUT2D eigenvalue weighted by atomic mass is 9.93. The van der Waals surface area contributed by atoms with E-state index in [0.29, 0.717) is 0 Å². The molecule has 2 N–H and O–H groups in total. The summed E-state index contributed by atoms with van der Waals surface area (Å²) in [6.07, 6.45) is -2.58. The Balaban J connectivity index is 1.94. The maximum Gasteiger partial charge on any atom is 0.333 e. The van der Waals surface area contributed by atoms with E-state index in [1.807, 2.05) is 0 Å². The third-order valence-corrected chi connectivity index (χ3v) is 4.61. The molecule has 23 heavy (non-hydrogen) atoms. The quantitative estimate of drug-likeness (QED) is 0.753. The van der Waals surface area contributed by atoms with E-state index >= 15 is 0 Å². The van der Waals surface area contributed by atoms with Gasteiger partial charge in [0.05, 0.1) is 6.61 Å². The molecule has 134 valence electrons. The van der Waals surface area contributed by atoms with E-state index < -0.39 is 46.0 Å². The van der Waals surface area contributed by atoms with Crippen LogP contribution in [-0.2, 0) is 38.2 Å². The molecule has 0 saturated carbocycles. The summed E-state index contributed by atoms with van der Waals surface area (Å²) in [5.74, 6) is -3.26. The Morgan fingerprint density at radius 2 is 1.78 bits per heavy atom. The van der Waals surface area contributed by atoms with Crippen molar-refractivity contribution in [3.8, 4) is 0 Å². The predicted molar refractivity (Wildman–Crippen MR) is 76.2 cm³/mol. The minimum Gasteiger partial charge on any atom is -0.342 e. The van der Waals surface area contributed by atoms with Gasteiger partial charge >= 0.3 is 10.3 Å². The molecule has 3 rings (SSSR count). The third kappa shape index (κ3) is 3.14. The van der Waals surface area contributed by atoms with E-state index in [0.717, 1.165) is 0 Å². The Morgan fingerprint density at radius 1 is 1.13 bits per heavy atom. The smallest absolute Gasteiger partial charge is 0.333 e. The van der Waals surface area contributed by atoms with Crippen LogP contribution >= 0.6 is 0 Å². The molecule has 0 radical (unpaired) electrons. The summed E-state index contributed by atoms with van der Waals surface area (Å²) >= 11 is 0. The molecule has 9 nitrogen and oxygen atoms in total. The van der Waals surface area contributed by atoms with Gasteiger partial charge in [0.15, 0.2) is 11.6 Å². The molecular weight excluding hydrogens is 330 g/mol. The van der Waals surface area contributed by atoms with E-state index in [9.17, 15) is 8.42 Å². The lowest BCUT2D eigenvalue weighted by Gasteiger charge is -2.43. The summed E-state index contributed by atoms with van der Waals surface area (Å²) in [7, 11) is -4.19. The lowest BCUT2D eigenvalue weighted by molar-refractivity contribution is -0.310. The summed E-state index contributed by atoms with van der Waals surface area (Å²) < 4.78 is 56.9. The molecule has 0 aromatic heterocycles. The van der Waals surface area contributed by atoms with Crippen molar-refractivity contribution in [1.29, 1.82) is 0 Å². The van der Waals surface area contributed by atoms with E-state index in [4.69, 9.17) is 33.0 Å². The maximum absolute atomic E-state index is 11.3. The molecule has 3 fully saturated rings. The molecule has 0 amide bonds. The number of hydrogen-bond donors (Lipinski definition) is 1. The van der Waals surface area contributed by atoms with Gasteiger partial charge in [-0.05, 0) is 34.6 Å². The van der Waals surface area contributed by atoms with Gasteiger partial charge in [-0.15, -0.1) is 0 Å². The lowest BCUT2D eigenvalue weighted by Crippen LogP contribution is -2.63. The van der Waals surface area contributed by atoms with Gasteiger partial charge in [-0.2, -0.15) is 8.42 Å². The maximum atomic E-state index is 11.3. The SMILES string of the molecule is CC(OS(N)(=O)=O)[C@@]12OC[C@H]3OC(C)(C)O[C@H]3[C@@H]1OC(C)(C)O2. The van der Waals surface area contributed by atoms with E-state index in [2.05, 4.69) is 0 Å².